The number of halogens is 1. The summed E-state index contributed by atoms with van der Waals surface area (Å²) in [5, 5.41) is 11.4. The molecule has 2 aromatic rings. The number of thiophene rings is 1. The Balaban J connectivity index is 2.00. The summed E-state index contributed by atoms with van der Waals surface area (Å²) >= 11 is 1.70. The molecule has 0 radical (unpaired) electrons. The molecule has 0 aliphatic rings. The van der Waals surface area contributed by atoms with Crippen molar-refractivity contribution in [2.75, 3.05) is 6.61 Å². The van der Waals surface area contributed by atoms with E-state index in [1.807, 2.05) is 17.5 Å². The van der Waals surface area contributed by atoms with Gasteiger partial charge in [0.05, 0.1) is 0 Å². The summed E-state index contributed by atoms with van der Waals surface area (Å²) in [4.78, 5) is 1.26. The second kappa shape index (κ2) is 5.94. The van der Waals surface area contributed by atoms with Crippen molar-refractivity contribution in [3.05, 3.63) is 58.0 Å². The largest absolute Gasteiger partial charge is 0.396 e. The molecule has 3 heteroatoms. The zero-order valence-corrected chi connectivity index (χ0v) is 10.3. The van der Waals surface area contributed by atoms with Crippen LogP contribution in [0.4, 0.5) is 4.39 Å². The van der Waals surface area contributed by atoms with Crippen LogP contribution in [0, 0.1) is 11.7 Å². The number of hydrogen-bond acceptors (Lipinski definition) is 2. The Morgan fingerprint density at radius 3 is 2.71 bits per heavy atom. The minimum Gasteiger partial charge on any atom is -0.396 e. The number of aliphatic hydroxyl groups excluding tert-OH is 1. The maximum absolute atomic E-state index is 13.0. The molecule has 0 spiro atoms. The fourth-order valence-corrected chi connectivity index (χ4v) is 2.73. The van der Waals surface area contributed by atoms with E-state index in [2.05, 4.69) is 6.07 Å². The Kier molecular flexibility index (Phi) is 4.29. The summed E-state index contributed by atoms with van der Waals surface area (Å²) in [6, 6.07) is 10.7. The molecule has 17 heavy (non-hydrogen) atoms. The zero-order chi connectivity index (χ0) is 12.1. The van der Waals surface area contributed by atoms with E-state index in [0.717, 1.165) is 12.0 Å². The Morgan fingerprint density at radius 1 is 1.18 bits per heavy atom. The van der Waals surface area contributed by atoms with Crippen molar-refractivity contribution < 1.29 is 9.50 Å². The van der Waals surface area contributed by atoms with Gasteiger partial charge in [0, 0.05) is 11.5 Å². The van der Waals surface area contributed by atoms with E-state index >= 15 is 0 Å². The van der Waals surface area contributed by atoms with Gasteiger partial charge in [0.15, 0.2) is 0 Å². The molecule has 0 saturated heterocycles. The van der Waals surface area contributed by atoms with Crippen molar-refractivity contribution in [3.63, 3.8) is 0 Å². The summed E-state index contributed by atoms with van der Waals surface area (Å²) in [6.45, 7) is 0.133. The number of benzene rings is 1. The molecule has 2 rings (SSSR count). The van der Waals surface area contributed by atoms with E-state index in [9.17, 15) is 9.50 Å². The van der Waals surface area contributed by atoms with Gasteiger partial charge in [0.1, 0.15) is 5.82 Å². The highest BCUT2D eigenvalue weighted by Gasteiger charge is 2.10. The second-order valence-corrected chi connectivity index (χ2v) is 5.20. The second-order valence-electron chi connectivity index (χ2n) is 4.17. The zero-order valence-electron chi connectivity index (χ0n) is 9.47. The quantitative estimate of drug-likeness (QED) is 0.863. The highest BCUT2D eigenvalue weighted by Crippen LogP contribution is 2.18. The molecule has 0 saturated carbocycles. The topological polar surface area (TPSA) is 20.2 Å². The fraction of sp³-hybridized carbons (Fsp3) is 0.286. The van der Waals surface area contributed by atoms with Crippen LogP contribution >= 0.6 is 11.3 Å². The molecule has 0 fully saturated rings. The van der Waals surface area contributed by atoms with Crippen molar-refractivity contribution in [1.29, 1.82) is 0 Å². The van der Waals surface area contributed by atoms with E-state index in [0.29, 0.717) is 6.42 Å². The molecule has 90 valence electrons. The number of aliphatic hydroxyl groups is 1. The summed E-state index contributed by atoms with van der Waals surface area (Å²) in [6.07, 6.45) is 1.57. The molecule has 0 amide bonds. The normalized spacial score (nSPS) is 12.6. The summed E-state index contributed by atoms with van der Waals surface area (Å²) in [5.74, 6) is -0.0502. The first-order valence-corrected chi connectivity index (χ1v) is 6.53. The van der Waals surface area contributed by atoms with Crippen LogP contribution in [-0.2, 0) is 12.8 Å². The lowest BCUT2D eigenvalue weighted by Crippen LogP contribution is -2.12. The van der Waals surface area contributed by atoms with Gasteiger partial charge in [0.25, 0.3) is 0 Å². The van der Waals surface area contributed by atoms with E-state index in [4.69, 9.17) is 0 Å². The van der Waals surface area contributed by atoms with Crippen LogP contribution in [0.3, 0.4) is 0 Å². The highest BCUT2D eigenvalue weighted by atomic mass is 32.1. The predicted octanol–water partition coefficient (Wildman–Crippen LogP) is 3.28. The first-order valence-electron chi connectivity index (χ1n) is 5.65. The van der Waals surface area contributed by atoms with Gasteiger partial charge in [-0.1, -0.05) is 18.2 Å². The molecule has 1 nitrogen and oxygen atoms in total. The highest BCUT2D eigenvalue weighted by molar-refractivity contribution is 7.09. The monoisotopic (exact) mass is 250 g/mol. The van der Waals surface area contributed by atoms with Gasteiger partial charge in [-0.2, -0.15) is 0 Å². The van der Waals surface area contributed by atoms with Crippen molar-refractivity contribution in [1.82, 2.24) is 0 Å². The maximum atomic E-state index is 13.0. The fourth-order valence-electron chi connectivity index (χ4n) is 1.91. The van der Waals surface area contributed by atoms with E-state index in [1.165, 1.54) is 17.0 Å². The van der Waals surface area contributed by atoms with Gasteiger partial charge in [-0.3, -0.25) is 0 Å². The molecule has 1 aromatic heterocycles. The van der Waals surface area contributed by atoms with Gasteiger partial charge in [-0.25, -0.2) is 4.39 Å². The van der Waals surface area contributed by atoms with E-state index in [-0.39, 0.29) is 18.3 Å². The molecule has 0 bridgehead atoms. The smallest absolute Gasteiger partial charge is 0.123 e. The van der Waals surface area contributed by atoms with Crippen LogP contribution in [-0.4, -0.2) is 11.7 Å². The first kappa shape index (κ1) is 12.3. The lowest BCUT2D eigenvalue weighted by atomic mass is 9.96. The van der Waals surface area contributed by atoms with Crippen molar-refractivity contribution in [2.45, 2.75) is 12.8 Å². The Labute approximate surface area is 105 Å². The van der Waals surface area contributed by atoms with Gasteiger partial charge < -0.3 is 5.11 Å². The van der Waals surface area contributed by atoms with Gasteiger partial charge >= 0.3 is 0 Å². The maximum Gasteiger partial charge on any atom is 0.123 e. The van der Waals surface area contributed by atoms with Gasteiger partial charge in [0.2, 0.25) is 0 Å². The summed E-state index contributed by atoms with van der Waals surface area (Å²) in [5.41, 5.74) is 0.945. The SMILES string of the molecule is OCC(Cc1cccc(F)c1)Cc1cccs1. The van der Waals surface area contributed by atoms with Crippen LogP contribution in [0.15, 0.2) is 41.8 Å². The minimum atomic E-state index is -0.213. The van der Waals surface area contributed by atoms with Crippen LogP contribution in [0.25, 0.3) is 0 Å². The van der Waals surface area contributed by atoms with Gasteiger partial charge in [-0.15, -0.1) is 11.3 Å². The molecule has 1 unspecified atom stereocenters. The third kappa shape index (κ3) is 3.65. The Morgan fingerprint density at radius 2 is 2.06 bits per heavy atom. The third-order valence-electron chi connectivity index (χ3n) is 2.74. The van der Waals surface area contributed by atoms with E-state index < -0.39 is 0 Å². The molecule has 0 aliphatic carbocycles. The molecule has 1 heterocycles. The predicted molar refractivity (Wildman–Crippen MR) is 68.7 cm³/mol. The van der Waals surface area contributed by atoms with Crippen molar-refractivity contribution >= 4 is 11.3 Å². The summed E-state index contributed by atoms with van der Waals surface area (Å²) < 4.78 is 13.0. The van der Waals surface area contributed by atoms with E-state index in [1.54, 1.807) is 17.4 Å². The first-order chi connectivity index (χ1) is 8.28. The van der Waals surface area contributed by atoms with Crippen LogP contribution in [0.2, 0.25) is 0 Å². The average Bonchev–Trinajstić information content (AvgIpc) is 2.81. The van der Waals surface area contributed by atoms with Gasteiger partial charge in [-0.05, 0) is 47.9 Å². The van der Waals surface area contributed by atoms with Crippen LogP contribution < -0.4 is 0 Å². The van der Waals surface area contributed by atoms with Crippen LogP contribution in [0.5, 0.6) is 0 Å². The lowest BCUT2D eigenvalue weighted by molar-refractivity contribution is 0.225. The number of rotatable bonds is 5. The number of hydrogen-bond donors (Lipinski definition) is 1. The third-order valence-corrected chi connectivity index (χ3v) is 3.64. The summed E-state index contributed by atoms with van der Waals surface area (Å²) in [7, 11) is 0. The standard InChI is InChI=1S/C14H15FOS/c15-13-4-1-3-11(8-13)7-12(10-16)9-14-5-2-6-17-14/h1-6,8,12,16H,7,9-10H2. The molecular formula is C14H15FOS. The molecule has 1 N–H and O–H groups in total. The average molecular weight is 250 g/mol. The van der Waals surface area contributed by atoms with Crippen molar-refractivity contribution in [3.8, 4) is 0 Å². The Bertz CT molecular complexity index is 453. The Hall–Kier alpha value is -1.19. The lowest BCUT2D eigenvalue weighted by Gasteiger charge is -2.13. The molecule has 0 aliphatic heterocycles. The molecule has 1 atom stereocenters. The molecular weight excluding hydrogens is 235 g/mol. The minimum absolute atomic E-state index is 0.133. The van der Waals surface area contributed by atoms with Crippen molar-refractivity contribution in [2.24, 2.45) is 5.92 Å². The van der Waals surface area contributed by atoms with Crippen LogP contribution in [0.1, 0.15) is 10.4 Å². The molecule has 1 aromatic carbocycles.